The van der Waals surface area contributed by atoms with Gasteiger partial charge in [-0.2, -0.15) is 0 Å². The molecule has 0 saturated carbocycles. The molecule has 0 aliphatic carbocycles. The molecule has 0 unspecified atom stereocenters. The zero-order valence-electron chi connectivity index (χ0n) is 13.2. The van der Waals surface area contributed by atoms with Gasteiger partial charge in [0.25, 0.3) is 5.91 Å². The summed E-state index contributed by atoms with van der Waals surface area (Å²) in [6.07, 6.45) is 0. The number of nitrogens with one attached hydrogen (secondary N) is 1. The van der Waals surface area contributed by atoms with E-state index in [1.54, 1.807) is 13.2 Å². The van der Waals surface area contributed by atoms with Crippen molar-refractivity contribution in [3.8, 4) is 16.2 Å². The second-order valence-electron chi connectivity index (χ2n) is 5.17. The van der Waals surface area contributed by atoms with Gasteiger partial charge in [0.15, 0.2) is 6.61 Å². The Balaban J connectivity index is 1.64. The summed E-state index contributed by atoms with van der Waals surface area (Å²) in [4.78, 5) is 25.2. The van der Waals surface area contributed by atoms with Crippen molar-refractivity contribution in [2.24, 2.45) is 0 Å². The Hall–Kier alpha value is -2.38. The van der Waals surface area contributed by atoms with Crippen molar-refractivity contribution in [3.05, 3.63) is 40.8 Å². The molecule has 7 heteroatoms. The molecule has 2 aromatic rings. The molecule has 3 rings (SSSR count). The predicted octanol–water partition coefficient (Wildman–Crippen LogP) is 2.23. The van der Waals surface area contributed by atoms with Crippen molar-refractivity contribution in [1.82, 2.24) is 5.32 Å². The zero-order chi connectivity index (χ0) is 16.9. The second-order valence-corrected chi connectivity index (χ2v) is 6.22. The molecular formula is C17H17NO5S. The molecule has 0 bridgehead atoms. The fourth-order valence-electron chi connectivity index (χ4n) is 2.35. The lowest BCUT2D eigenvalue weighted by molar-refractivity contribution is -0.124. The first kappa shape index (κ1) is 16.5. The molecular weight excluding hydrogens is 330 g/mol. The number of carbonyl (C=O) groups is 2. The summed E-state index contributed by atoms with van der Waals surface area (Å²) in [5.74, 6) is -0.0477. The lowest BCUT2D eigenvalue weighted by Crippen LogP contribution is -2.31. The average Bonchev–Trinajstić information content (AvgIpc) is 3.05. The number of rotatable bonds is 6. The SMILES string of the molecule is COCCNC(=O)COC(=O)c1cc2c(s1)-c1ccccc1OC2. The van der Waals surface area contributed by atoms with E-state index in [0.717, 1.165) is 21.8 Å². The number of benzene rings is 1. The number of thiophene rings is 1. The Bertz CT molecular complexity index is 755. The highest BCUT2D eigenvalue weighted by molar-refractivity contribution is 7.17. The molecule has 1 aromatic heterocycles. The zero-order valence-corrected chi connectivity index (χ0v) is 14.0. The maximum Gasteiger partial charge on any atom is 0.348 e. The summed E-state index contributed by atoms with van der Waals surface area (Å²) in [6.45, 7) is 0.914. The van der Waals surface area contributed by atoms with Crippen LogP contribution in [0.15, 0.2) is 30.3 Å². The van der Waals surface area contributed by atoms with Crippen molar-refractivity contribution in [1.29, 1.82) is 0 Å². The monoisotopic (exact) mass is 347 g/mol. The molecule has 1 N–H and O–H groups in total. The Labute approximate surface area is 143 Å². The van der Waals surface area contributed by atoms with Gasteiger partial charge in [0.05, 0.1) is 6.61 Å². The second kappa shape index (κ2) is 7.46. The lowest BCUT2D eigenvalue weighted by Gasteiger charge is -2.16. The number of esters is 1. The topological polar surface area (TPSA) is 73.9 Å². The number of ether oxygens (including phenoxy) is 3. The van der Waals surface area contributed by atoms with Crippen LogP contribution in [0, 0.1) is 0 Å². The van der Waals surface area contributed by atoms with E-state index in [9.17, 15) is 9.59 Å². The normalized spacial score (nSPS) is 11.9. The Morgan fingerprint density at radius 2 is 2.17 bits per heavy atom. The summed E-state index contributed by atoms with van der Waals surface area (Å²) in [5.41, 5.74) is 1.93. The highest BCUT2D eigenvalue weighted by Gasteiger charge is 2.23. The molecule has 0 fully saturated rings. The van der Waals surface area contributed by atoms with Gasteiger partial charge < -0.3 is 19.5 Å². The molecule has 1 aliphatic rings. The molecule has 0 spiro atoms. The van der Waals surface area contributed by atoms with Crippen molar-refractivity contribution in [3.63, 3.8) is 0 Å². The molecule has 2 heterocycles. The number of methoxy groups -OCH3 is 1. The third-order valence-corrected chi connectivity index (χ3v) is 4.68. The molecule has 126 valence electrons. The number of carbonyl (C=O) groups excluding carboxylic acids is 2. The smallest absolute Gasteiger partial charge is 0.348 e. The maximum atomic E-state index is 12.2. The molecule has 24 heavy (non-hydrogen) atoms. The van der Waals surface area contributed by atoms with Crippen molar-refractivity contribution in [2.45, 2.75) is 6.61 Å². The van der Waals surface area contributed by atoms with Crippen molar-refractivity contribution < 1.29 is 23.8 Å². The fraction of sp³-hybridized carbons (Fsp3) is 0.294. The Morgan fingerprint density at radius 3 is 3.00 bits per heavy atom. The van der Waals surface area contributed by atoms with Crippen LogP contribution in [-0.2, 0) is 20.9 Å². The van der Waals surface area contributed by atoms with E-state index in [-0.39, 0.29) is 12.5 Å². The quantitative estimate of drug-likeness (QED) is 0.641. The van der Waals surface area contributed by atoms with Crippen LogP contribution in [0.5, 0.6) is 5.75 Å². The van der Waals surface area contributed by atoms with Crippen LogP contribution in [0.25, 0.3) is 10.4 Å². The first-order chi connectivity index (χ1) is 11.7. The molecule has 0 saturated heterocycles. The van der Waals surface area contributed by atoms with E-state index in [1.165, 1.54) is 11.3 Å². The van der Waals surface area contributed by atoms with Crippen LogP contribution in [0.2, 0.25) is 0 Å². The van der Waals surface area contributed by atoms with Crippen LogP contribution in [0.1, 0.15) is 15.2 Å². The van der Waals surface area contributed by atoms with Crippen LogP contribution in [0.4, 0.5) is 0 Å². The number of fused-ring (bicyclic) bond motifs is 3. The highest BCUT2D eigenvalue weighted by atomic mass is 32.1. The van der Waals surface area contributed by atoms with Gasteiger partial charge in [-0.1, -0.05) is 12.1 Å². The number of hydrogen-bond acceptors (Lipinski definition) is 6. The van der Waals surface area contributed by atoms with Crippen LogP contribution in [-0.4, -0.2) is 38.7 Å². The van der Waals surface area contributed by atoms with E-state index in [1.807, 2.05) is 24.3 Å². The Morgan fingerprint density at radius 1 is 1.33 bits per heavy atom. The van der Waals surface area contributed by atoms with E-state index in [0.29, 0.717) is 24.6 Å². The first-order valence-electron chi connectivity index (χ1n) is 7.46. The minimum atomic E-state index is -0.506. The van der Waals surface area contributed by atoms with E-state index in [2.05, 4.69) is 5.32 Å². The van der Waals surface area contributed by atoms with Crippen molar-refractivity contribution in [2.75, 3.05) is 26.9 Å². The number of para-hydroxylation sites is 1. The predicted molar refractivity (Wildman–Crippen MR) is 89.3 cm³/mol. The molecule has 0 atom stereocenters. The van der Waals surface area contributed by atoms with Gasteiger partial charge in [-0.25, -0.2) is 4.79 Å². The fourth-order valence-corrected chi connectivity index (χ4v) is 3.44. The molecule has 6 nitrogen and oxygen atoms in total. The van der Waals surface area contributed by atoms with Gasteiger partial charge in [-0.3, -0.25) is 4.79 Å². The summed E-state index contributed by atoms with van der Waals surface area (Å²) >= 11 is 1.35. The lowest BCUT2D eigenvalue weighted by atomic mass is 10.1. The number of amides is 1. The summed E-state index contributed by atoms with van der Waals surface area (Å²) < 4.78 is 15.6. The Kier molecular flexibility index (Phi) is 5.12. The third-order valence-electron chi connectivity index (χ3n) is 3.49. The summed E-state index contributed by atoms with van der Waals surface area (Å²) in [7, 11) is 1.55. The van der Waals surface area contributed by atoms with Crippen molar-refractivity contribution >= 4 is 23.2 Å². The van der Waals surface area contributed by atoms with Gasteiger partial charge >= 0.3 is 5.97 Å². The van der Waals surface area contributed by atoms with Crippen LogP contribution in [0.3, 0.4) is 0 Å². The molecule has 1 amide bonds. The van der Waals surface area contributed by atoms with Gasteiger partial charge in [0.1, 0.15) is 17.2 Å². The minimum absolute atomic E-state index is 0.307. The summed E-state index contributed by atoms with van der Waals surface area (Å²) in [5, 5.41) is 2.59. The van der Waals surface area contributed by atoms with Gasteiger partial charge in [-0.05, 0) is 18.2 Å². The standard InChI is InChI=1S/C17H17NO5S/c1-21-7-6-18-15(19)10-23-17(20)14-8-11-9-22-13-5-3-2-4-12(13)16(11)24-14/h2-5,8H,6-7,9-10H2,1H3,(H,18,19). The van der Waals surface area contributed by atoms with E-state index in [4.69, 9.17) is 14.2 Å². The highest BCUT2D eigenvalue weighted by Crippen LogP contribution is 2.42. The molecule has 1 aromatic carbocycles. The maximum absolute atomic E-state index is 12.2. The van der Waals surface area contributed by atoms with Gasteiger partial charge in [0.2, 0.25) is 0 Å². The van der Waals surface area contributed by atoms with Gasteiger partial charge in [0, 0.05) is 29.7 Å². The molecule has 1 aliphatic heterocycles. The number of hydrogen-bond donors (Lipinski definition) is 1. The largest absolute Gasteiger partial charge is 0.488 e. The summed E-state index contributed by atoms with van der Waals surface area (Å²) in [6, 6.07) is 9.47. The van der Waals surface area contributed by atoms with Crippen LogP contribution < -0.4 is 10.1 Å². The van der Waals surface area contributed by atoms with Gasteiger partial charge in [-0.15, -0.1) is 11.3 Å². The van der Waals surface area contributed by atoms with Crippen LogP contribution >= 0.6 is 11.3 Å². The molecule has 0 radical (unpaired) electrons. The third kappa shape index (κ3) is 3.58. The first-order valence-corrected chi connectivity index (χ1v) is 8.28. The van der Waals surface area contributed by atoms with E-state index < -0.39 is 5.97 Å². The average molecular weight is 347 g/mol. The van der Waals surface area contributed by atoms with E-state index >= 15 is 0 Å². The minimum Gasteiger partial charge on any atom is -0.488 e.